The molecule has 212 valence electrons. The summed E-state index contributed by atoms with van der Waals surface area (Å²) < 4.78 is 10.3. The van der Waals surface area contributed by atoms with Crippen molar-refractivity contribution in [3.8, 4) is 5.75 Å². The van der Waals surface area contributed by atoms with E-state index in [2.05, 4.69) is 0 Å². The largest absolute Gasteiger partial charge is 0.457 e. The standard InChI is InChI=1S/C31H22Cl2N2O7/c32-16-5-8-20(23(33)12-16)28(37)34(35-29(38)26-18-9-10-19(22-13-21(18)22)27(26)30(35)39)14-24(36)15-3-6-17(7-4-15)42-31(40)25-2-1-11-41-25/h1-12,18-19,21-22,26-27H,13-14H2/t18-,19-,21-,22-,26-,27+/m0/s1. The van der Waals surface area contributed by atoms with Crippen LogP contribution >= 0.6 is 23.2 Å². The number of carbonyl (C=O) groups excluding carboxylic acids is 5. The van der Waals surface area contributed by atoms with Gasteiger partial charge in [0.1, 0.15) is 12.3 Å². The van der Waals surface area contributed by atoms with Crippen LogP contribution in [-0.4, -0.2) is 46.0 Å². The Kier molecular flexibility index (Phi) is 6.32. The van der Waals surface area contributed by atoms with E-state index >= 15 is 0 Å². The lowest BCUT2D eigenvalue weighted by atomic mass is 9.63. The van der Waals surface area contributed by atoms with Crippen LogP contribution < -0.4 is 4.74 Å². The van der Waals surface area contributed by atoms with E-state index in [9.17, 15) is 24.0 Å². The van der Waals surface area contributed by atoms with E-state index in [0.717, 1.165) is 16.4 Å². The van der Waals surface area contributed by atoms with Crippen molar-refractivity contribution in [2.24, 2.45) is 35.5 Å². The summed E-state index contributed by atoms with van der Waals surface area (Å²) in [6.07, 6.45) is 6.40. The van der Waals surface area contributed by atoms with Crippen LogP contribution in [0.25, 0.3) is 0 Å². The molecule has 1 aliphatic heterocycles. The molecule has 0 N–H and O–H groups in total. The number of hydrazine groups is 1. The van der Waals surface area contributed by atoms with Crippen molar-refractivity contribution in [3.63, 3.8) is 0 Å². The van der Waals surface area contributed by atoms with E-state index < -0.39 is 47.9 Å². The Labute approximate surface area is 249 Å². The highest BCUT2D eigenvalue weighted by molar-refractivity contribution is 6.36. The number of allylic oxidation sites excluding steroid dienone is 2. The molecular weight excluding hydrogens is 583 g/mol. The molecule has 1 saturated heterocycles. The van der Waals surface area contributed by atoms with Gasteiger partial charge in [0.2, 0.25) is 5.76 Å². The third-order valence-electron chi connectivity index (χ3n) is 8.68. The second-order valence-electron chi connectivity index (χ2n) is 10.9. The summed E-state index contributed by atoms with van der Waals surface area (Å²) in [6, 6.07) is 13.0. The third-order valence-corrected chi connectivity index (χ3v) is 9.23. The van der Waals surface area contributed by atoms with Gasteiger partial charge in [-0.05, 0) is 84.7 Å². The van der Waals surface area contributed by atoms with Crippen molar-refractivity contribution in [1.82, 2.24) is 10.0 Å². The number of halogens is 2. The number of hydrogen-bond acceptors (Lipinski definition) is 7. The molecule has 6 atom stereocenters. The number of amides is 3. The first-order valence-corrected chi connectivity index (χ1v) is 14.2. The zero-order valence-corrected chi connectivity index (χ0v) is 23.3. The number of imide groups is 1. The van der Waals surface area contributed by atoms with Crippen molar-refractivity contribution in [2.45, 2.75) is 6.42 Å². The van der Waals surface area contributed by atoms with Gasteiger partial charge < -0.3 is 9.15 Å². The quantitative estimate of drug-likeness (QED) is 0.121. The lowest BCUT2D eigenvalue weighted by Crippen LogP contribution is -2.52. The predicted octanol–water partition coefficient (Wildman–Crippen LogP) is 5.10. The number of hydrogen-bond donors (Lipinski definition) is 0. The maximum Gasteiger partial charge on any atom is 0.379 e. The molecule has 3 aromatic rings. The molecule has 2 saturated carbocycles. The fourth-order valence-corrected chi connectivity index (χ4v) is 7.19. The minimum absolute atomic E-state index is 0.00605. The van der Waals surface area contributed by atoms with E-state index in [-0.39, 0.29) is 39.5 Å². The number of ketones is 1. The monoisotopic (exact) mass is 604 g/mol. The second-order valence-corrected chi connectivity index (χ2v) is 11.8. The van der Waals surface area contributed by atoms with Gasteiger partial charge >= 0.3 is 5.97 Å². The lowest BCUT2D eigenvalue weighted by molar-refractivity contribution is -0.154. The first-order valence-electron chi connectivity index (χ1n) is 13.4. The zero-order valence-electron chi connectivity index (χ0n) is 21.8. The number of rotatable bonds is 7. The van der Waals surface area contributed by atoms with Crippen molar-refractivity contribution < 1.29 is 33.1 Å². The molecule has 0 spiro atoms. The van der Waals surface area contributed by atoms with Crippen molar-refractivity contribution in [1.29, 1.82) is 0 Å². The molecule has 4 aliphatic carbocycles. The third kappa shape index (κ3) is 4.26. The van der Waals surface area contributed by atoms with Gasteiger partial charge in [0.25, 0.3) is 17.7 Å². The van der Waals surface area contributed by atoms with E-state index in [0.29, 0.717) is 16.9 Å². The zero-order chi connectivity index (χ0) is 29.3. The van der Waals surface area contributed by atoms with Crippen LogP contribution in [0.3, 0.4) is 0 Å². The normalized spacial score (nSPS) is 26.6. The molecule has 9 nitrogen and oxygen atoms in total. The molecule has 11 heteroatoms. The number of Topliss-reactive ketones (excluding diaryl/α,β-unsaturated/α-hetero) is 1. The first-order chi connectivity index (χ1) is 20.2. The van der Waals surface area contributed by atoms with Crippen molar-refractivity contribution >= 4 is 52.7 Å². The van der Waals surface area contributed by atoms with Crippen LogP contribution in [0.2, 0.25) is 10.0 Å². The van der Waals surface area contributed by atoms with Gasteiger partial charge in [-0.2, -0.15) is 5.01 Å². The van der Waals surface area contributed by atoms with Gasteiger partial charge in [0.15, 0.2) is 5.78 Å². The summed E-state index contributed by atoms with van der Waals surface area (Å²) in [5.41, 5.74) is 0.167. The predicted molar refractivity (Wildman–Crippen MR) is 148 cm³/mol. The van der Waals surface area contributed by atoms with Crippen LogP contribution in [0.15, 0.2) is 77.4 Å². The van der Waals surface area contributed by atoms with Crippen LogP contribution in [0.1, 0.15) is 37.7 Å². The summed E-state index contributed by atoms with van der Waals surface area (Å²) in [4.78, 5) is 67.2. The summed E-state index contributed by atoms with van der Waals surface area (Å²) in [5.74, 6) is -3.32. The summed E-state index contributed by atoms with van der Waals surface area (Å²) in [5, 5.41) is 2.08. The fraction of sp³-hybridized carbons (Fsp3) is 0.258. The van der Waals surface area contributed by atoms with Crippen LogP contribution in [-0.2, 0) is 9.59 Å². The Morgan fingerprint density at radius 3 is 2.19 bits per heavy atom. The number of benzene rings is 2. The highest BCUT2D eigenvalue weighted by Crippen LogP contribution is 2.65. The lowest BCUT2D eigenvalue weighted by Gasteiger charge is -2.37. The van der Waals surface area contributed by atoms with Crippen molar-refractivity contribution in [2.75, 3.05) is 6.54 Å². The number of ether oxygens (including phenoxy) is 1. The molecule has 5 aliphatic rings. The van der Waals surface area contributed by atoms with Crippen LogP contribution in [0, 0.1) is 35.5 Å². The molecule has 0 radical (unpaired) electrons. The Bertz CT molecular complexity index is 1650. The molecule has 3 amide bonds. The Morgan fingerprint density at radius 2 is 1.60 bits per heavy atom. The smallest absolute Gasteiger partial charge is 0.379 e. The fourth-order valence-electron chi connectivity index (χ4n) is 6.70. The number of nitrogens with zero attached hydrogens (tertiary/aromatic N) is 2. The van der Waals surface area contributed by atoms with Crippen molar-refractivity contribution in [3.05, 3.63) is 99.9 Å². The molecule has 1 aromatic heterocycles. The van der Waals surface area contributed by atoms with Gasteiger partial charge in [-0.25, -0.2) is 9.80 Å². The van der Waals surface area contributed by atoms with Gasteiger partial charge in [-0.15, -0.1) is 0 Å². The summed E-state index contributed by atoms with van der Waals surface area (Å²) >= 11 is 12.4. The average Bonchev–Trinajstić information content (AvgIpc) is 3.54. The molecule has 8 rings (SSSR count). The first kappa shape index (κ1) is 26.7. The molecule has 2 heterocycles. The Hall–Kier alpha value is -4.21. The molecule has 0 unspecified atom stereocenters. The molecular formula is C31H22Cl2N2O7. The minimum Gasteiger partial charge on any atom is -0.457 e. The number of carbonyl (C=O) groups is 5. The number of esters is 1. The van der Waals surface area contributed by atoms with Gasteiger partial charge in [-0.1, -0.05) is 35.4 Å². The van der Waals surface area contributed by atoms with Gasteiger partial charge in [0, 0.05) is 10.6 Å². The van der Waals surface area contributed by atoms with E-state index in [4.69, 9.17) is 32.4 Å². The molecule has 2 aromatic carbocycles. The Balaban J connectivity index is 1.17. The van der Waals surface area contributed by atoms with E-state index in [1.807, 2.05) is 12.2 Å². The summed E-state index contributed by atoms with van der Waals surface area (Å²) in [7, 11) is 0. The van der Waals surface area contributed by atoms with Gasteiger partial charge in [0.05, 0.1) is 28.7 Å². The summed E-state index contributed by atoms with van der Waals surface area (Å²) in [6.45, 7) is -0.601. The SMILES string of the molecule is O=C(CN(C(=O)c1ccc(Cl)cc1Cl)N1C(=O)[C@@H]2[C@H]3C=C[C@@H]([C@@H]4C[C@@H]34)[C@@H]2C1=O)c1ccc(OC(=O)c2ccco2)cc1. The van der Waals surface area contributed by atoms with Crippen LogP contribution in [0.5, 0.6) is 5.75 Å². The number of furan rings is 1. The van der Waals surface area contributed by atoms with E-state index in [1.165, 1.54) is 54.8 Å². The van der Waals surface area contributed by atoms with Gasteiger partial charge in [-0.3, -0.25) is 19.2 Å². The molecule has 3 fully saturated rings. The highest BCUT2D eigenvalue weighted by atomic mass is 35.5. The molecule has 2 bridgehead atoms. The topological polar surface area (TPSA) is 114 Å². The van der Waals surface area contributed by atoms with E-state index in [1.54, 1.807) is 6.07 Å². The average molecular weight is 605 g/mol. The molecule has 42 heavy (non-hydrogen) atoms. The minimum atomic E-state index is -0.778. The highest BCUT2D eigenvalue weighted by Gasteiger charge is 2.68. The maximum atomic E-state index is 13.9. The van der Waals surface area contributed by atoms with Crippen LogP contribution in [0.4, 0.5) is 0 Å². The maximum absolute atomic E-state index is 13.9. The Morgan fingerprint density at radius 1 is 0.929 bits per heavy atom. The second kappa shape index (κ2) is 9.96.